The van der Waals surface area contributed by atoms with Crippen molar-refractivity contribution in [2.24, 2.45) is 5.92 Å². The Balaban J connectivity index is 1.61. The Hall–Kier alpha value is -1.13. The SMILES string of the molecule is O=C(NC1CC1)C1CCCN(Cc2c(F)cccc2Cl)C1. The third-order valence-corrected chi connectivity index (χ3v) is 4.60. The summed E-state index contributed by atoms with van der Waals surface area (Å²) in [5.74, 6) is -0.0983. The maximum absolute atomic E-state index is 13.9. The predicted molar refractivity (Wildman–Crippen MR) is 80.6 cm³/mol. The minimum absolute atomic E-state index is 0.0184. The van der Waals surface area contributed by atoms with Gasteiger partial charge in [0, 0.05) is 29.7 Å². The smallest absolute Gasteiger partial charge is 0.224 e. The highest BCUT2D eigenvalue weighted by Gasteiger charge is 2.30. The summed E-state index contributed by atoms with van der Waals surface area (Å²) in [6.45, 7) is 2.04. The molecule has 21 heavy (non-hydrogen) atoms. The van der Waals surface area contributed by atoms with E-state index in [1.165, 1.54) is 6.07 Å². The molecule has 1 heterocycles. The summed E-state index contributed by atoms with van der Waals surface area (Å²) < 4.78 is 13.9. The first-order valence-electron chi connectivity index (χ1n) is 7.59. The van der Waals surface area contributed by atoms with Crippen molar-refractivity contribution in [3.8, 4) is 0 Å². The van der Waals surface area contributed by atoms with Crippen LogP contribution in [0.3, 0.4) is 0 Å². The maximum Gasteiger partial charge on any atom is 0.224 e. The number of amides is 1. The lowest BCUT2D eigenvalue weighted by molar-refractivity contribution is -0.126. The van der Waals surface area contributed by atoms with E-state index in [1.54, 1.807) is 12.1 Å². The van der Waals surface area contributed by atoms with Gasteiger partial charge in [0.1, 0.15) is 5.82 Å². The minimum Gasteiger partial charge on any atom is -0.353 e. The third kappa shape index (κ3) is 3.74. The van der Waals surface area contributed by atoms with Crippen molar-refractivity contribution >= 4 is 17.5 Å². The zero-order valence-corrected chi connectivity index (χ0v) is 12.7. The molecule has 0 aromatic heterocycles. The number of halogens is 2. The highest BCUT2D eigenvalue weighted by Crippen LogP contribution is 2.25. The van der Waals surface area contributed by atoms with Gasteiger partial charge in [-0.2, -0.15) is 0 Å². The molecule has 1 saturated heterocycles. The second kappa shape index (κ2) is 6.32. The number of carbonyl (C=O) groups excluding carboxylic acids is 1. The van der Waals surface area contributed by atoms with Gasteiger partial charge in [-0.3, -0.25) is 9.69 Å². The van der Waals surface area contributed by atoms with Crippen molar-refractivity contribution in [3.63, 3.8) is 0 Å². The Morgan fingerprint density at radius 1 is 1.38 bits per heavy atom. The second-order valence-corrected chi connectivity index (χ2v) is 6.46. The Labute approximate surface area is 129 Å². The number of piperidine rings is 1. The normalized spacial score (nSPS) is 23.0. The highest BCUT2D eigenvalue weighted by molar-refractivity contribution is 6.31. The molecule has 1 amide bonds. The van der Waals surface area contributed by atoms with Gasteiger partial charge in [-0.15, -0.1) is 0 Å². The van der Waals surface area contributed by atoms with E-state index < -0.39 is 0 Å². The molecule has 3 rings (SSSR count). The summed E-state index contributed by atoms with van der Waals surface area (Å²) in [5.41, 5.74) is 0.530. The first kappa shape index (κ1) is 14.8. The molecular weight excluding hydrogens is 291 g/mol. The molecule has 1 saturated carbocycles. The number of benzene rings is 1. The van der Waals surface area contributed by atoms with Gasteiger partial charge < -0.3 is 5.32 Å². The number of carbonyl (C=O) groups is 1. The molecule has 1 atom stereocenters. The van der Waals surface area contributed by atoms with Crippen LogP contribution in [0.15, 0.2) is 18.2 Å². The largest absolute Gasteiger partial charge is 0.353 e. The standard InChI is InChI=1S/C16H20ClFN2O/c17-14-4-1-5-15(18)13(14)10-20-8-2-3-11(9-20)16(21)19-12-6-7-12/h1,4-5,11-12H,2-3,6-10H2,(H,19,21). The van der Waals surface area contributed by atoms with Crippen LogP contribution < -0.4 is 5.32 Å². The fraction of sp³-hybridized carbons (Fsp3) is 0.562. The van der Waals surface area contributed by atoms with Crippen LogP contribution in [0.2, 0.25) is 5.02 Å². The van der Waals surface area contributed by atoms with E-state index in [-0.39, 0.29) is 17.6 Å². The van der Waals surface area contributed by atoms with Crippen LogP contribution in [0.25, 0.3) is 0 Å². The fourth-order valence-electron chi connectivity index (χ4n) is 2.87. The van der Waals surface area contributed by atoms with Crippen LogP contribution in [0.1, 0.15) is 31.2 Å². The van der Waals surface area contributed by atoms with Crippen molar-refractivity contribution in [2.75, 3.05) is 13.1 Å². The lowest BCUT2D eigenvalue weighted by Gasteiger charge is -2.32. The van der Waals surface area contributed by atoms with Crippen LogP contribution in [0.4, 0.5) is 4.39 Å². The van der Waals surface area contributed by atoms with E-state index in [0.29, 0.717) is 29.7 Å². The first-order chi connectivity index (χ1) is 10.1. The van der Waals surface area contributed by atoms with Gasteiger partial charge in [-0.1, -0.05) is 17.7 Å². The van der Waals surface area contributed by atoms with Gasteiger partial charge in [0.15, 0.2) is 0 Å². The summed E-state index contributed by atoms with van der Waals surface area (Å²) in [4.78, 5) is 14.3. The van der Waals surface area contributed by atoms with E-state index in [4.69, 9.17) is 11.6 Å². The van der Waals surface area contributed by atoms with Crippen LogP contribution in [0.5, 0.6) is 0 Å². The summed E-state index contributed by atoms with van der Waals surface area (Å²) in [7, 11) is 0. The van der Waals surface area contributed by atoms with E-state index in [9.17, 15) is 9.18 Å². The van der Waals surface area contributed by atoms with Gasteiger partial charge in [0.25, 0.3) is 0 Å². The lowest BCUT2D eigenvalue weighted by atomic mass is 9.96. The van der Waals surface area contributed by atoms with Gasteiger partial charge in [0.05, 0.1) is 5.92 Å². The summed E-state index contributed by atoms with van der Waals surface area (Å²) >= 11 is 6.08. The van der Waals surface area contributed by atoms with E-state index in [1.807, 2.05) is 0 Å². The molecule has 5 heteroatoms. The van der Waals surface area contributed by atoms with Crippen molar-refractivity contribution in [2.45, 2.75) is 38.3 Å². The molecule has 1 aliphatic carbocycles. The molecule has 2 fully saturated rings. The van der Waals surface area contributed by atoms with Crippen LogP contribution >= 0.6 is 11.6 Å². The Bertz CT molecular complexity index is 513. The van der Waals surface area contributed by atoms with Crippen molar-refractivity contribution in [1.82, 2.24) is 10.2 Å². The van der Waals surface area contributed by atoms with Gasteiger partial charge >= 0.3 is 0 Å². The lowest BCUT2D eigenvalue weighted by Crippen LogP contribution is -2.43. The number of hydrogen-bond donors (Lipinski definition) is 1. The highest BCUT2D eigenvalue weighted by atomic mass is 35.5. The Morgan fingerprint density at radius 3 is 2.90 bits per heavy atom. The van der Waals surface area contributed by atoms with E-state index in [2.05, 4.69) is 10.2 Å². The van der Waals surface area contributed by atoms with E-state index >= 15 is 0 Å². The maximum atomic E-state index is 13.9. The Kier molecular flexibility index (Phi) is 4.45. The van der Waals surface area contributed by atoms with Gasteiger partial charge in [0.2, 0.25) is 5.91 Å². The molecule has 1 unspecified atom stereocenters. The Morgan fingerprint density at radius 2 is 2.19 bits per heavy atom. The molecule has 1 aromatic rings. The van der Waals surface area contributed by atoms with Crippen molar-refractivity contribution in [3.05, 3.63) is 34.6 Å². The first-order valence-corrected chi connectivity index (χ1v) is 7.97. The molecule has 0 bridgehead atoms. The quantitative estimate of drug-likeness (QED) is 0.927. The number of likely N-dealkylation sites (tertiary alicyclic amines) is 1. The zero-order chi connectivity index (χ0) is 14.8. The average Bonchev–Trinajstić information content (AvgIpc) is 3.27. The topological polar surface area (TPSA) is 32.3 Å². The van der Waals surface area contributed by atoms with Crippen molar-refractivity contribution in [1.29, 1.82) is 0 Å². The van der Waals surface area contributed by atoms with Crippen LogP contribution in [-0.2, 0) is 11.3 Å². The van der Waals surface area contributed by atoms with Gasteiger partial charge in [-0.25, -0.2) is 4.39 Å². The summed E-state index contributed by atoms with van der Waals surface area (Å²) in [6, 6.07) is 5.15. The molecule has 1 N–H and O–H groups in total. The summed E-state index contributed by atoms with van der Waals surface area (Å²) in [5, 5.41) is 3.52. The fourth-order valence-corrected chi connectivity index (χ4v) is 3.09. The number of nitrogens with zero attached hydrogens (tertiary/aromatic N) is 1. The molecule has 1 aliphatic heterocycles. The molecule has 0 radical (unpaired) electrons. The van der Waals surface area contributed by atoms with Gasteiger partial charge in [-0.05, 0) is 44.4 Å². The average molecular weight is 311 g/mol. The second-order valence-electron chi connectivity index (χ2n) is 6.06. The van der Waals surface area contributed by atoms with Crippen LogP contribution in [0, 0.1) is 11.7 Å². The minimum atomic E-state index is -0.271. The van der Waals surface area contributed by atoms with Crippen molar-refractivity contribution < 1.29 is 9.18 Å². The number of nitrogens with one attached hydrogen (secondary N) is 1. The van der Waals surface area contributed by atoms with E-state index in [0.717, 1.165) is 32.2 Å². The number of hydrogen-bond acceptors (Lipinski definition) is 2. The molecule has 2 aliphatic rings. The molecule has 0 spiro atoms. The predicted octanol–water partition coefficient (Wildman–Crippen LogP) is 2.97. The summed E-state index contributed by atoms with van der Waals surface area (Å²) in [6.07, 6.45) is 4.09. The monoisotopic (exact) mass is 310 g/mol. The number of rotatable bonds is 4. The third-order valence-electron chi connectivity index (χ3n) is 4.24. The van der Waals surface area contributed by atoms with Crippen LogP contribution in [-0.4, -0.2) is 29.9 Å². The molecular formula is C16H20ClFN2O. The molecule has 114 valence electrons. The zero-order valence-electron chi connectivity index (χ0n) is 11.9. The molecule has 3 nitrogen and oxygen atoms in total. The molecule has 1 aromatic carbocycles.